The van der Waals surface area contributed by atoms with Crippen LogP contribution in [0.3, 0.4) is 0 Å². The summed E-state index contributed by atoms with van der Waals surface area (Å²) < 4.78 is 27.0. The van der Waals surface area contributed by atoms with Gasteiger partial charge in [0.25, 0.3) is 0 Å². The van der Waals surface area contributed by atoms with Crippen molar-refractivity contribution < 1.29 is 18.3 Å². The van der Waals surface area contributed by atoms with E-state index in [0.29, 0.717) is 5.56 Å². The van der Waals surface area contributed by atoms with E-state index in [-0.39, 0.29) is 16.5 Å². The van der Waals surface area contributed by atoms with Crippen molar-refractivity contribution in [2.75, 3.05) is 0 Å². The fourth-order valence-corrected chi connectivity index (χ4v) is 3.66. The normalized spacial score (nSPS) is 16.7. The minimum Gasteiger partial charge on any atom is -0.478 e. The quantitative estimate of drug-likeness (QED) is 0.884. The van der Waals surface area contributed by atoms with Crippen LogP contribution in [0.25, 0.3) is 0 Å². The molecule has 0 radical (unpaired) electrons. The van der Waals surface area contributed by atoms with Crippen molar-refractivity contribution in [3.63, 3.8) is 0 Å². The highest BCUT2D eigenvalue weighted by atomic mass is 32.2. The van der Waals surface area contributed by atoms with Crippen molar-refractivity contribution in [1.82, 2.24) is 4.72 Å². The van der Waals surface area contributed by atoms with E-state index in [1.54, 1.807) is 6.92 Å². The van der Waals surface area contributed by atoms with Crippen LogP contribution in [-0.4, -0.2) is 25.5 Å². The molecular weight excluding hydrogens is 266 g/mol. The number of rotatable bonds is 4. The molecule has 1 aromatic carbocycles. The Morgan fingerprint density at radius 1 is 1.32 bits per heavy atom. The molecule has 0 aliphatic heterocycles. The zero-order valence-corrected chi connectivity index (χ0v) is 11.5. The fourth-order valence-electron chi connectivity index (χ4n) is 2.33. The molecule has 6 heteroatoms. The van der Waals surface area contributed by atoms with Gasteiger partial charge in [-0.2, -0.15) is 0 Å². The summed E-state index contributed by atoms with van der Waals surface area (Å²) in [5.41, 5.74) is 0.571. The second kappa shape index (κ2) is 5.30. The number of carboxylic acids is 1. The van der Waals surface area contributed by atoms with Gasteiger partial charge >= 0.3 is 5.97 Å². The van der Waals surface area contributed by atoms with Gasteiger partial charge in [-0.05, 0) is 37.5 Å². The van der Waals surface area contributed by atoms with E-state index in [4.69, 9.17) is 5.11 Å². The summed E-state index contributed by atoms with van der Waals surface area (Å²) in [6.45, 7) is 1.64. The highest BCUT2D eigenvalue weighted by Gasteiger charge is 2.23. The number of aromatic carboxylic acids is 1. The van der Waals surface area contributed by atoms with Crippen molar-refractivity contribution in [3.05, 3.63) is 29.3 Å². The molecule has 1 aliphatic rings. The lowest BCUT2D eigenvalue weighted by molar-refractivity contribution is 0.0696. The van der Waals surface area contributed by atoms with Crippen LogP contribution in [0.15, 0.2) is 23.1 Å². The number of hydrogen-bond acceptors (Lipinski definition) is 3. The molecule has 0 saturated heterocycles. The lowest BCUT2D eigenvalue weighted by atomic mass is 10.1. The van der Waals surface area contributed by atoms with Gasteiger partial charge in [0, 0.05) is 6.04 Å². The third-order valence-corrected chi connectivity index (χ3v) is 4.94. The van der Waals surface area contributed by atoms with Gasteiger partial charge in [0.15, 0.2) is 0 Å². The molecule has 0 amide bonds. The van der Waals surface area contributed by atoms with Crippen molar-refractivity contribution in [2.45, 2.75) is 43.5 Å². The van der Waals surface area contributed by atoms with Crippen LogP contribution in [0, 0.1) is 6.92 Å². The van der Waals surface area contributed by atoms with Crippen LogP contribution in [-0.2, 0) is 10.0 Å². The molecule has 1 saturated carbocycles. The van der Waals surface area contributed by atoms with Gasteiger partial charge in [-0.25, -0.2) is 17.9 Å². The Labute approximate surface area is 112 Å². The standard InChI is InChI=1S/C13H17NO4S/c1-9-6-7-11(8-12(9)13(15)16)19(17,18)14-10-4-2-3-5-10/h6-8,10,14H,2-5H2,1H3,(H,15,16). The molecule has 2 rings (SSSR count). The summed E-state index contributed by atoms with van der Waals surface area (Å²) in [5.74, 6) is -1.12. The topological polar surface area (TPSA) is 83.5 Å². The first-order valence-corrected chi connectivity index (χ1v) is 7.75. The maximum Gasteiger partial charge on any atom is 0.335 e. The molecule has 2 N–H and O–H groups in total. The summed E-state index contributed by atoms with van der Waals surface area (Å²) >= 11 is 0. The summed E-state index contributed by atoms with van der Waals surface area (Å²) in [5, 5.41) is 9.02. The van der Waals surface area contributed by atoms with Gasteiger partial charge in [-0.3, -0.25) is 0 Å². The average Bonchev–Trinajstić information content (AvgIpc) is 2.80. The lowest BCUT2D eigenvalue weighted by Gasteiger charge is -2.13. The first-order valence-electron chi connectivity index (χ1n) is 6.26. The molecule has 0 atom stereocenters. The molecule has 0 spiro atoms. The van der Waals surface area contributed by atoms with Crippen molar-refractivity contribution in [2.24, 2.45) is 0 Å². The van der Waals surface area contributed by atoms with E-state index in [9.17, 15) is 13.2 Å². The smallest absolute Gasteiger partial charge is 0.335 e. The molecule has 104 valence electrons. The van der Waals surface area contributed by atoms with Gasteiger partial charge in [-0.15, -0.1) is 0 Å². The molecule has 1 fully saturated rings. The summed E-state index contributed by atoms with van der Waals surface area (Å²) in [7, 11) is -3.63. The van der Waals surface area contributed by atoms with Crippen LogP contribution in [0.4, 0.5) is 0 Å². The van der Waals surface area contributed by atoms with Gasteiger partial charge in [-0.1, -0.05) is 18.9 Å². The van der Waals surface area contributed by atoms with Crippen LogP contribution in [0.1, 0.15) is 41.6 Å². The monoisotopic (exact) mass is 283 g/mol. The highest BCUT2D eigenvalue weighted by molar-refractivity contribution is 7.89. The third-order valence-electron chi connectivity index (χ3n) is 3.43. The van der Waals surface area contributed by atoms with Crippen LogP contribution in [0.5, 0.6) is 0 Å². The predicted octanol–water partition coefficient (Wildman–Crippen LogP) is 1.91. The minimum atomic E-state index is -3.63. The fraction of sp³-hybridized carbons (Fsp3) is 0.462. The largest absolute Gasteiger partial charge is 0.478 e. The first-order chi connectivity index (χ1) is 8.90. The van der Waals surface area contributed by atoms with Crippen molar-refractivity contribution in [1.29, 1.82) is 0 Å². The molecule has 1 aliphatic carbocycles. The Hall–Kier alpha value is -1.40. The third kappa shape index (κ3) is 3.13. The zero-order valence-electron chi connectivity index (χ0n) is 10.7. The number of sulfonamides is 1. The van der Waals surface area contributed by atoms with Crippen LogP contribution in [0.2, 0.25) is 0 Å². The first kappa shape index (κ1) is 14.0. The van der Waals surface area contributed by atoms with E-state index < -0.39 is 16.0 Å². The van der Waals surface area contributed by atoms with E-state index in [1.807, 2.05) is 0 Å². The second-order valence-corrected chi connectivity index (χ2v) is 6.60. The Bertz CT molecular complexity index is 589. The van der Waals surface area contributed by atoms with E-state index in [0.717, 1.165) is 25.7 Å². The number of carbonyl (C=O) groups is 1. The Balaban J connectivity index is 2.29. The molecule has 0 aromatic heterocycles. The number of aryl methyl sites for hydroxylation is 1. The number of nitrogens with one attached hydrogen (secondary N) is 1. The number of carboxylic acid groups (broad SMARTS) is 1. The van der Waals surface area contributed by atoms with Crippen LogP contribution >= 0.6 is 0 Å². The molecule has 1 aromatic rings. The Morgan fingerprint density at radius 2 is 1.95 bits per heavy atom. The Morgan fingerprint density at radius 3 is 2.53 bits per heavy atom. The zero-order chi connectivity index (χ0) is 14.0. The average molecular weight is 283 g/mol. The highest BCUT2D eigenvalue weighted by Crippen LogP contribution is 2.21. The molecular formula is C13H17NO4S. The SMILES string of the molecule is Cc1ccc(S(=O)(=O)NC2CCCC2)cc1C(=O)O. The van der Waals surface area contributed by atoms with Gasteiger partial charge in [0.1, 0.15) is 0 Å². The predicted molar refractivity (Wildman–Crippen MR) is 70.7 cm³/mol. The molecule has 19 heavy (non-hydrogen) atoms. The lowest BCUT2D eigenvalue weighted by Crippen LogP contribution is -2.32. The maximum absolute atomic E-state index is 12.2. The van der Waals surface area contributed by atoms with Crippen LogP contribution < -0.4 is 4.72 Å². The van der Waals surface area contributed by atoms with Gasteiger partial charge < -0.3 is 5.11 Å². The van der Waals surface area contributed by atoms with E-state index in [2.05, 4.69) is 4.72 Å². The Kier molecular flexibility index (Phi) is 3.91. The number of benzene rings is 1. The molecule has 0 heterocycles. The molecule has 5 nitrogen and oxygen atoms in total. The van der Waals surface area contributed by atoms with E-state index in [1.165, 1.54) is 18.2 Å². The van der Waals surface area contributed by atoms with Gasteiger partial charge in [0.05, 0.1) is 10.5 Å². The minimum absolute atomic E-state index is 0.0161. The maximum atomic E-state index is 12.2. The molecule has 0 bridgehead atoms. The van der Waals surface area contributed by atoms with E-state index >= 15 is 0 Å². The number of hydrogen-bond donors (Lipinski definition) is 2. The second-order valence-electron chi connectivity index (χ2n) is 4.88. The molecule has 0 unspecified atom stereocenters. The van der Waals surface area contributed by atoms with Crippen molar-refractivity contribution in [3.8, 4) is 0 Å². The summed E-state index contributed by atoms with van der Waals surface area (Å²) in [6, 6.07) is 4.15. The summed E-state index contributed by atoms with van der Waals surface area (Å²) in [6.07, 6.45) is 3.75. The van der Waals surface area contributed by atoms with Crippen molar-refractivity contribution >= 4 is 16.0 Å². The summed E-state index contributed by atoms with van der Waals surface area (Å²) in [4.78, 5) is 11.0. The van der Waals surface area contributed by atoms with Gasteiger partial charge in [0.2, 0.25) is 10.0 Å².